The molecule has 0 bridgehead atoms. The van der Waals surface area contributed by atoms with E-state index < -0.39 is 0 Å². The highest BCUT2D eigenvalue weighted by Crippen LogP contribution is 2.28. The summed E-state index contributed by atoms with van der Waals surface area (Å²) in [6, 6.07) is 0.853. The van der Waals surface area contributed by atoms with Crippen LogP contribution in [0.15, 0.2) is 0 Å². The van der Waals surface area contributed by atoms with Gasteiger partial charge in [0, 0.05) is 43.5 Å². The highest BCUT2D eigenvalue weighted by atomic mass is 15.3. The number of rotatable bonds is 2. The Hall–Kier alpha value is -0.870. The number of hydrogen-bond donors (Lipinski definition) is 1. The van der Waals surface area contributed by atoms with Gasteiger partial charge >= 0.3 is 0 Å². The number of aryl methyl sites for hydroxylation is 2. The summed E-state index contributed by atoms with van der Waals surface area (Å²) in [5, 5.41) is 4.51. The van der Waals surface area contributed by atoms with Gasteiger partial charge in [0.25, 0.3) is 0 Å². The van der Waals surface area contributed by atoms with Crippen molar-refractivity contribution in [1.82, 2.24) is 14.7 Å². The van der Waals surface area contributed by atoms with E-state index in [0.29, 0.717) is 12.1 Å². The highest BCUT2D eigenvalue weighted by Gasteiger charge is 2.25. The highest BCUT2D eigenvalue weighted by molar-refractivity contribution is 5.27. The van der Waals surface area contributed by atoms with Crippen LogP contribution in [-0.4, -0.2) is 33.8 Å². The number of aromatic nitrogens is 2. The van der Waals surface area contributed by atoms with Crippen molar-refractivity contribution in [3.63, 3.8) is 0 Å². The van der Waals surface area contributed by atoms with E-state index in [0.717, 1.165) is 31.6 Å². The largest absolute Gasteiger partial charge is 0.328 e. The third-order valence-corrected chi connectivity index (χ3v) is 4.10. The fraction of sp³-hybridized carbons (Fsp3) is 0.769. The average Bonchev–Trinajstić information content (AvgIpc) is 2.53. The van der Waals surface area contributed by atoms with Gasteiger partial charge in [-0.1, -0.05) is 0 Å². The molecular formula is C13H24N4. The van der Waals surface area contributed by atoms with Crippen LogP contribution < -0.4 is 5.73 Å². The maximum atomic E-state index is 5.96. The number of piperidine rings is 1. The molecule has 4 heteroatoms. The predicted octanol–water partition coefficient (Wildman–Crippen LogP) is 1.52. The molecule has 1 atom stereocenters. The Labute approximate surface area is 104 Å². The Bertz CT molecular complexity index is 388. The van der Waals surface area contributed by atoms with Crippen molar-refractivity contribution in [2.45, 2.75) is 45.7 Å². The number of nitrogens with zero attached hydrogens (tertiary/aromatic N) is 3. The molecule has 1 aromatic heterocycles. The van der Waals surface area contributed by atoms with Crippen molar-refractivity contribution in [3.05, 3.63) is 17.0 Å². The lowest BCUT2D eigenvalue weighted by molar-refractivity contribution is 0.162. The third-order valence-electron chi connectivity index (χ3n) is 4.10. The van der Waals surface area contributed by atoms with E-state index in [4.69, 9.17) is 5.73 Å². The van der Waals surface area contributed by atoms with Gasteiger partial charge in [0.05, 0.1) is 5.69 Å². The fourth-order valence-corrected chi connectivity index (χ4v) is 2.88. The van der Waals surface area contributed by atoms with E-state index >= 15 is 0 Å². The number of nitrogens with two attached hydrogens (primary N) is 1. The molecule has 0 aliphatic carbocycles. The lowest BCUT2D eigenvalue weighted by Gasteiger charge is -2.35. The van der Waals surface area contributed by atoms with Crippen LogP contribution in [-0.2, 0) is 7.05 Å². The van der Waals surface area contributed by atoms with E-state index in [1.807, 2.05) is 11.7 Å². The van der Waals surface area contributed by atoms with Gasteiger partial charge in [-0.05, 0) is 33.6 Å². The summed E-state index contributed by atoms with van der Waals surface area (Å²) < 4.78 is 1.98. The minimum atomic E-state index is 0.398. The van der Waals surface area contributed by atoms with Crippen LogP contribution >= 0.6 is 0 Å². The molecule has 0 radical (unpaired) electrons. The molecular weight excluding hydrogens is 212 g/mol. The Morgan fingerprint density at radius 1 is 1.29 bits per heavy atom. The van der Waals surface area contributed by atoms with Crippen LogP contribution in [0.25, 0.3) is 0 Å². The van der Waals surface area contributed by atoms with Crippen LogP contribution in [0.5, 0.6) is 0 Å². The molecule has 1 saturated heterocycles. The molecule has 17 heavy (non-hydrogen) atoms. The SMILES string of the molecule is Cc1nn(C)c(C)c1C(C)N1CCC(N)CC1. The Balaban J connectivity index is 2.16. The van der Waals surface area contributed by atoms with Gasteiger partial charge in [0.15, 0.2) is 0 Å². The van der Waals surface area contributed by atoms with E-state index in [1.54, 1.807) is 0 Å². The lowest BCUT2D eigenvalue weighted by Crippen LogP contribution is -2.41. The summed E-state index contributed by atoms with van der Waals surface area (Å²) >= 11 is 0. The molecule has 96 valence electrons. The van der Waals surface area contributed by atoms with Crippen LogP contribution in [0, 0.1) is 13.8 Å². The third kappa shape index (κ3) is 2.38. The van der Waals surface area contributed by atoms with Crippen LogP contribution in [0.3, 0.4) is 0 Å². The Morgan fingerprint density at radius 3 is 2.35 bits per heavy atom. The zero-order valence-corrected chi connectivity index (χ0v) is 11.4. The van der Waals surface area contributed by atoms with E-state index in [-0.39, 0.29) is 0 Å². The quantitative estimate of drug-likeness (QED) is 0.847. The molecule has 1 unspecified atom stereocenters. The smallest absolute Gasteiger partial charge is 0.0644 e. The van der Waals surface area contributed by atoms with Gasteiger partial charge in [-0.2, -0.15) is 5.10 Å². The summed E-state index contributed by atoms with van der Waals surface area (Å²) in [7, 11) is 2.02. The van der Waals surface area contributed by atoms with Crippen LogP contribution in [0.4, 0.5) is 0 Å². The van der Waals surface area contributed by atoms with Crippen molar-refractivity contribution in [1.29, 1.82) is 0 Å². The molecule has 1 aliphatic heterocycles. The standard InChI is InChI=1S/C13H24N4/c1-9-13(10(2)16(4)15-9)11(3)17-7-5-12(14)6-8-17/h11-12H,5-8,14H2,1-4H3. The topological polar surface area (TPSA) is 47.1 Å². The zero-order valence-electron chi connectivity index (χ0n) is 11.4. The Kier molecular flexibility index (Phi) is 3.54. The van der Waals surface area contributed by atoms with Gasteiger partial charge in [-0.15, -0.1) is 0 Å². The molecule has 2 rings (SSSR count). The van der Waals surface area contributed by atoms with Crippen molar-refractivity contribution in [2.75, 3.05) is 13.1 Å². The van der Waals surface area contributed by atoms with E-state index in [2.05, 4.69) is 30.8 Å². The molecule has 0 aromatic carbocycles. The summed E-state index contributed by atoms with van der Waals surface area (Å²) in [5.41, 5.74) is 9.79. The minimum absolute atomic E-state index is 0.398. The van der Waals surface area contributed by atoms with Crippen LogP contribution in [0.2, 0.25) is 0 Å². The lowest BCUT2D eigenvalue weighted by atomic mass is 9.99. The summed E-state index contributed by atoms with van der Waals surface area (Å²) in [6.07, 6.45) is 2.23. The number of likely N-dealkylation sites (tertiary alicyclic amines) is 1. The van der Waals surface area contributed by atoms with Crippen molar-refractivity contribution in [2.24, 2.45) is 12.8 Å². The Morgan fingerprint density at radius 2 is 1.88 bits per heavy atom. The van der Waals surface area contributed by atoms with Crippen LogP contribution in [0.1, 0.15) is 42.8 Å². The second kappa shape index (κ2) is 4.78. The zero-order chi connectivity index (χ0) is 12.6. The summed E-state index contributed by atoms with van der Waals surface area (Å²) in [6.45, 7) is 8.76. The molecule has 0 amide bonds. The fourth-order valence-electron chi connectivity index (χ4n) is 2.88. The first-order valence-corrected chi connectivity index (χ1v) is 6.50. The normalized spacial score (nSPS) is 20.8. The first-order valence-electron chi connectivity index (χ1n) is 6.50. The van der Waals surface area contributed by atoms with Crippen molar-refractivity contribution >= 4 is 0 Å². The maximum Gasteiger partial charge on any atom is 0.0644 e. The predicted molar refractivity (Wildman–Crippen MR) is 69.9 cm³/mol. The van der Waals surface area contributed by atoms with Crippen molar-refractivity contribution in [3.8, 4) is 0 Å². The molecule has 2 heterocycles. The molecule has 4 nitrogen and oxygen atoms in total. The first kappa shape index (κ1) is 12.6. The van der Waals surface area contributed by atoms with Gasteiger partial charge in [-0.3, -0.25) is 9.58 Å². The maximum absolute atomic E-state index is 5.96. The molecule has 2 N–H and O–H groups in total. The van der Waals surface area contributed by atoms with Gasteiger partial charge in [0.2, 0.25) is 0 Å². The van der Waals surface area contributed by atoms with Gasteiger partial charge in [0.1, 0.15) is 0 Å². The second-order valence-electron chi connectivity index (χ2n) is 5.26. The molecule has 1 aliphatic rings. The molecule has 0 saturated carbocycles. The van der Waals surface area contributed by atoms with Gasteiger partial charge < -0.3 is 5.73 Å². The number of hydrogen-bond acceptors (Lipinski definition) is 3. The average molecular weight is 236 g/mol. The molecule has 1 fully saturated rings. The minimum Gasteiger partial charge on any atom is -0.328 e. The van der Waals surface area contributed by atoms with E-state index in [9.17, 15) is 0 Å². The summed E-state index contributed by atoms with van der Waals surface area (Å²) in [5.74, 6) is 0. The van der Waals surface area contributed by atoms with Crippen molar-refractivity contribution < 1.29 is 0 Å². The van der Waals surface area contributed by atoms with E-state index in [1.165, 1.54) is 11.3 Å². The monoisotopic (exact) mass is 236 g/mol. The molecule has 1 aromatic rings. The molecule has 0 spiro atoms. The second-order valence-corrected chi connectivity index (χ2v) is 5.26. The van der Waals surface area contributed by atoms with Gasteiger partial charge in [-0.25, -0.2) is 0 Å². The summed E-state index contributed by atoms with van der Waals surface area (Å²) in [4.78, 5) is 2.53. The first-order chi connectivity index (χ1) is 8.00.